The van der Waals surface area contributed by atoms with Gasteiger partial charge in [-0.05, 0) is 18.1 Å². The molecular formula is C27H30N3O5+. The summed E-state index contributed by atoms with van der Waals surface area (Å²) in [4.78, 5) is 26.4. The number of nitrogens with zero attached hydrogens (tertiary/aromatic N) is 2. The number of ether oxygens (including phenoxy) is 1. The van der Waals surface area contributed by atoms with Gasteiger partial charge in [0.2, 0.25) is 5.60 Å². The summed E-state index contributed by atoms with van der Waals surface area (Å²) in [7, 11) is 0. The largest absolute Gasteiger partial charge is 0.453 e. The van der Waals surface area contributed by atoms with Crippen LogP contribution in [0.5, 0.6) is 0 Å². The standard InChI is InChI=1S/C27H29N3O5/c1-19-7-5-6-10-22(19)27(33,21-8-3-2-4-9-21)26(32)35-23-17-30(14-11-20(23)12-15-30)18-25(31)28-24-13-16-34-29-24/h2-10,13,16,20,23,33H,11-12,14-15,17-18H2,1H3/p+1/t20?,23?,27-,30?/m1/s1. The molecule has 4 heterocycles. The molecule has 0 spiro atoms. The molecule has 8 heteroatoms. The zero-order valence-corrected chi connectivity index (χ0v) is 19.7. The van der Waals surface area contributed by atoms with Crippen LogP contribution in [0.15, 0.2) is 71.4 Å². The molecule has 0 saturated carbocycles. The number of aryl methyl sites for hydroxylation is 1. The summed E-state index contributed by atoms with van der Waals surface area (Å²) in [5.74, 6) is -0.226. The van der Waals surface area contributed by atoms with Crippen LogP contribution in [-0.2, 0) is 19.9 Å². The van der Waals surface area contributed by atoms with Crippen LogP contribution >= 0.6 is 0 Å². The highest BCUT2D eigenvalue weighted by molar-refractivity contribution is 5.90. The van der Waals surface area contributed by atoms with Crippen molar-refractivity contribution < 1.29 is 28.4 Å². The molecule has 3 saturated heterocycles. The first-order valence-corrected chi connectivity index (χ1v) is 12.0. The molecule has 8 nitrogen and oxygen atoms in total. The highest BCUT2D eigenvalue weighted by Gasteiger charge is 2.51. The third kappa shape index (κ3) is 4.47. The first kappa shape index (κ1) is 23.3. The molecule has 2 atom stereocenters. The van der Waals surface area contributed by atoms with Crippen molar-refractivity contribution in [2.75, 3.05) is 31.5 Å². The highest BCUT2D eigenvalue weighted by Crippen LogP contribution is 2.39. The molecule has 3 fully saturated rings. The lowest BCUT2D eigenvalue weighted by Crippen LogP contribution is -2.66. The molecule has 6 rings (SSSR count). The lowest BCUT2D eigenvalue weighted by Gasteiger charge is -2.51. The topological polar surface area (TPSA) is 102 Å². The van der Waals surface area contributed by atoms with Crippen molar-refractivity contribution in [2.45, 2.75) is 31.5 Å². The van der Waals surface area contributed by atoms with Gasteiger partial charge in [-0.25, -0.2) is 4.79 Å². The number of nitrogens with one attached hydrogen (secondary N) is 1. The summed E-state index contributed by atoms with van der Waals surface area (Å²) in [5.41, 5.74) is -0.143. The Morgan fingerprint density at radius 2 is 1.83 bits per heavy atom. The van der Waals surface area contributed by atoms with Crippen LogP contribution in [0.2, 0.25) is 0 Å². The van der Waals surface area contributed by atoms with Gasteiger partial charge in [0.25, 0.3) is 5.91 Å². The number of hydrogen-bond acceptors (Lipinski definition) is 6. The van der Waals surface area contributed by atoms with E-state index in [4.69, 9.17) is 9.26 Å². The Morgan fingerprint density at radius 1 is 1.11 bits per heavy atom. The second-order valence-corrected chi connectivity index (χ2v) is 9.73. The molecule has 2 aromatic carbocycles. The van der Waals surface area contributed by atoms with E-state index < -0.39 is 11.6 Å². The number of piperidine rings is 3. The molecule has 35 heavy (non-hydrogen) atoms. The van der Waals surface area contributed by atoms with Gasteiger partial charge in [-0.15, -0.1) is 0 Å². The number of esters is 1. The van der Waals surface area contributed by atoms with E-state index >= 15 is 0 Å². The maximum absolute atomic E-state index is 13.7. The summed E-state index contributed by atoms with van der Waals surface area (Å²) < 4.78 is 11.4. The lowest BCUT2D eigenvalue weighted by molar-refractivity contribution is -0.939. The van der Waals surface area contributed by atoms with Gasteiger partial charge in [0, 0.05) is 30.4 Å². The number of carbonyl (C=O) groups is 2. The summed E-state index contributed by atoms with van der Waals surface area (Å²) in [6.07, 6.45) is 2.77. The number of benzene rings is 2. The Balaban J connectivity index is 1.37. The number of fused-ring (bicyclic) bond motifs is 3. The van der Waals surface area contributed by atoms with Crippen molar-refractivity contribution in [2.24, 2.45) is 5.92 Å². The number of anilines is 1. The summed E-state index contributed by atoms with van der Waals surface area (Å²) in [5, 5.41) is 18.4. The number of quaternary nitrogens is 1. The van der Waals surface area contributed by atoms with Crippen molar-refractivity contribution in [1.29, 1.82) is 0 Å². The second-order valence-electron chi connectivity index (χ2n) is 9.73. The van der Waals surface area contributed by atoms with Crippen LogP contribution in [0.3, 0.4) is 0 Å². The summed E-state index contributed by atoms with van der Waals surface area (Å²) in [6, 6.07) is 17.9. The lowest BCUT2D eigenvalue weighted by atomic mass is 9.81. The van der Waals surface area contributed by atoms with Gasteiger partial charge in [0.05, 0.1) is 13.1 Å². The Morgan fingerprint density at radius 3 is 2.51 bits per heavy atom. The fourth-order valence-corrected chi connectivity index (χ4v) is 5.61. The van der Waals surface area contributed by atoms with E-state index in [0.29, 0.717) is 28.0 Å². The van der Waals surface area contributed by atoms with Gasteiger partial charge in [-0.2, -0.15) is 0 Å². The minimum absolute atomic E-state index is 0.148. The third-order valence-electron chi connectivity index (χ3n) is 7.51. The quantitative estimate of drug-likeness (QED) is 0.402. The minimum Gasteiger partial charge on any atom is -0.453 e. The Hall–Kier alpha value is -3.49. The number of rotatable bonds is 7. The van der Waals surface area contributed by atoms with E-state index in [9.17, 15) is 14.7 Å². The van der Waals surface area contributed by atoms with E-state index in [1.54, 1.807) is 36.4 Å². The predicted molar refractivity (Wildman–Crippen MR) is 128 cm³/mol. The van der Waals surface area contributed by atoms with Crippen molar-refractivity contribution in [3.8, 4) is 0 Å². The van der Waals surface area contributed by atoms with Crippen molar-refractivity contribution in [1.82, 2.24) is 5.16 Å². The fraction of sp³-hybridized carbons (Fsp3) is 0.370. The molecule has 1 unspecified atom stereocenters. The molecule has 2 N–H and O–H groups in total. The molecule has 1 amide bonds. The molecule has 3 aliphatic rings. The van der Waals surface area contributed by atoms with Crippen LogP contribution in [0.1, 0.15) is 29.5 Å². The van der Waals surface area contributed by atoms with E-state index in [2.05, 4.69) is 10.5 Å². The van der Waals surface area contributed by atoms with Gasteiger partial charge >= 0.3 is 5.97 Å². The minimum atomic E-state index is -1.92. The SMILES string of the molecule is Cc1ccccc1[C@@](O)(C(=O)OC1C[N+]2(CC(=O)Nc3ccon3)CCC1CC2)c1ccccc1. The first-order valence-electron chi connectivity index (χ1n) is 12.0. The molecular weight excluding hydrogens is 446 g/mol. The normalized spacial score (nSPS) is 25.0. The highest BCUT2D eigenvalue weighted by atomic mass is 16.6. The number of hydrogen-bond donors (Lipinski definition) is 2. The molecule has 3 aliphatic heterocycles. The van der Waals surface area contributed by atoms with Gasteiger partial charge in [-0.1, -0.05) is 59.8 Å². The van der Waals surface area contributed by atoms with Crippen molar-refractivity contribution in [3.63, 3.8) is 0 Å². The second kappa shape index (κ2) is 9.28. The van der Waals surface area contributed by atoms with Crippen molar-refractivity contribution >= 4 is 17.7 Å². The molecule has 0 aliphatic carbocycles. The van der Waals surface area contributed by atoms with Gasteiger partial charge in [0.15, 0.2) is 18.5 Å². The van der Waals surface area contributed by atoms with Crippen LogP contribution in [-0.4, -0.2) is 58.9 Å². The number of amides is 1. The smallest absolute Gasteiger partial charge is 0.348 e. The predicted octanol–water partition coefficient (Wildman–Crippen LogP) is 3.01. The average Bonchev–Trinajstić information content (AvgIpc) is 3.37. The van der Waals surface area contributed by atoms with E-state index in [0.717, 1.165) is 31.5 Å². The van der Waals surface area contributed by atoms with Gasteiger partial charge < -0.3 is 24.2 Å². The van der Waals surface area contributed by atoms with E-state index in [-0.39, 0.29) is 24.5 Å². The zero-order chi connectivity index (χ0) is 24.5. The van der Waals surface area contributed by atoms with Crippen LogP contribution in [0.4, 0.5) is 5.82 Å². The number of aliphatic hydroxyl groups is 1. The fourth-order valence-electron chi connectivity index (χ4n) is 5.61. The molecule has 182 valence electrons. The van der Waals surface area contributed by atoms with E-state index in [1.807, 2.05) is 31.2 Å². The number of aromatic nitrogens is 1. The molecule has 2 bridgehead atoms. The zero-order valence-electron chi connectivity index (χ0n) is 19.7. The van der Waals surface area contributed by atoms with Gasteiger partial charge in [0.1, 0.15) is 12.8 Å². The molecule has 3 aromatic rings. The maximum atomic E-state index is 13.7. The Bertz CT molecular complexity index is 1190. The Labute approximate surface area is 204 Å². The maximum Gasteiger partial charge on any atom is 0.348 e. The third-order valence-corrected chi connectivity index (χ3v) is 7.51. The summed E-state index contributed by atoms with van der Waals surface area (Å²) >= 11 is 0. The van der Waals surface area contributed by atoms with Crippen LogP contribution in [0, 0.1) is 12.8 Å². The average molecular weight is 477 g/mol. The van der Waals surface area contributed by atoms with Crippen LogP contribution < -0.4 is 5.32 Å². The summed E-state index contributed by atoms with van der Waals surface area (Å²) in [6.45, 7) is 4.39. The molecule has 0 radical (unpaired) electrons. The van der Waals surface area contributed by atoms with E-state index in [1.165, 1.54) is 6.26 Å². The van der Waals surface area contributed by atoms with Crippen molar-refractivity contribution in [3.05, 3.63) is 83.6 Å². The number of carbonyl (C=O) groups excluding carboxylic acids is 2. The molecule has 1 aromatic heterocycles. The first-order chi connectivity index (χ1) is 16.9. The van der Waals surface area contributed by atoms with Gasteiger partial charge in [-0.3, -0.25) is 4.79 Å². The Kier molecular flexibility index (Phi) is 6.17. The monoisotopic (exact) mass is 476 g/mol. The van der Waals surface area contributed by atoms with Crippen LogP contribution in [0.25, 0.3) is 0 Å².